The Morgan fingerprint density at radius 2 is 1.05 bits per heavy atom. The maximum Gasteiger partial charge on any atom is 0.191 e. The van der Waals surface area contributed by atoms with Gasteiger partial charge >= 0.3 is 0 Å². The molecule has 4 aromatic rings. The van der Waals surface area contributed by atoms with Crippen molar-refractivity contribution in [3.63, 3.8) is 0 Å². The zero-order valence-electron chi connectivity index (χ0n) is 36.1. The van der Waals surface area contributed by atoms with Gasteiger partial charge in [-0.1, -0.05) is 148 Å². The molecule has 0 saturated heterocycles. The highest BCUT2D eigenvalue weighted by atomic mass is 35.5. The average Bonchev–Trinajstić information content (AvgIpc) is 3.71. The molecule has 0 aromatic heterocycles. The van der Waals surface area contributed by atoms with Crippen LogP contribution < -0.4 is 0 Å². The lowest BCUT2D eigenvalue weighted by molar-refractivity contribution is 0.0204. The Hall–Kier alpha value is -1.33. The third-order valence-corrected chi connectivity index (χ3v) is 23.8. The summed E-state index contributed by atoms with van der Waals surface area (Å²) in [6.45, 7) is 24.2. The van der Waals surface area contributed by atoms with E-state index in [-0.39, 0.29) is 21.9 Å². The van der Waals surface area contributed by atoms with Gasteiger partial charge in [-0.25, -0.2) is 0 Å². The molecule has 0 bridgehead atoms. The summed E-state index contributed by atoms with van der Waals surface area (Å²) in [4.78, 5) is 0. The fourth-order valence-electron chi connectivity index (χ4n) is 7.60. The molecule has 4 unspecified atom stereocenters. The highest BCUT2D eigenvalue weighted by Crippen LogP contribution is 2.54. The molecule has 1 N–H and O–H groups in total. The van der Waals surface area contributed by atoms with Gasteiger partial charge in [-0.3, -0.25) is 0 Å². The Bertz CT molecular complexity index is 2110. The first-order valence-electron chi connectivity index (χ1n) is 20.5. The van der Waals surface area contributed by atoms with Gasteiger partial charge in [0.15, 0.2) is 16.6 Å². The summed E-state index contributed by atoms with van der Waals surface area (Å²) in [6, 6.07) is 26.9. The van der Waals surface area contributed by atoms with Crippen molar-refractivity contribution in [2.75, 3.05) is 13.2 Å². The predicted molar refractivity (Wildman–Crippen MR) is 261 cm³/mol. The molecule has 0 amide bonds. The van der Waals surface area contributed by atoms with Crippen molar-refractivity contribution < 1.29 is 14.0 Å². The molecule has 4 atom stereocenters. The maximum absolute atomic E-state index is 11.9. The third-order valence-electron chi connectivity index (χ3n) is 13.2. The normalized spacial score (nSPS) is 21.5. The van der Waals surface area contributed by atoms with Crippen molar-refractivity contribution in [2.45, 2.75) is 115 Å². The minimum absolute atomic E-state index is 0.142. The van der Waals surface area contributed by atoms with E-state index in [2.05, 4.69) is 79.9 Å². The quantitative estimate of drug-likeness (QED) is 0.161. The van der Waals surface area contributed by atoms with E-state index in [9.17, 15) is 5.11 Å². The zero-order chi connectivity index (χ0) is 43.7. The molecule has 1 fully saturated rings. The van der Waals surface area contributed by atoms with E-state index in [1.165, 1.54) is 16.7 Å². The topological polar surface area (TPSA) is 38.7 Å². The summed E-state index contributed by atoms with van der Waals surface area (Å²) in [5.74, 6) is 0.532. The van der Waals surface area contributed by atoms with E-state index in [1.807, 2.05) is 66.7 Å². The molecule has 2 aliphatic rings. The molecule has 1 saturated carbocycles. The summed E-state index contributed by atoms with van der Waals surface area (Å²) in [7, 11) is -3.65. The third kappa shape index (κ3) is 11.8. The zero-order valence-corrected chi connectivity index (χ0v) is 42.6. The van der Waals surface area contributed by atoms with Crippen molar-refractivity contribution in [1.82, 2.24) is 0 Å². The van der Waals surface area contributed by atoms with Crippen LogP contribution in [-0.4, -0.2) is 35.0 Å². The highest BCUT2D eigenvalue weighted by molar-refractivity contribution is 6.74. The van der Waals surface area contributed by atoms with Crippen LogP contribution in [0.25, 0.3) is 11.1 Å². The fraction of sp³-hybridized carbons (Fsp3) is 0.458. The SMILES string of the molecule is CC(C)(C)[Si](C)(C)OCC1CC(c2ccc(Cl)cc2)=C(c2ccc(Cl)cc2Cl)C1.CC(C)(C)[Si](C)(C)OCC1CC(c2ccc(Cl)cc2Cl)C(O)(c2ccc(Cl)cc2)C1. The second kappa shape index (κ2) is 19.2. The van der Waals surface area contributed by atoms with Crippen LogP contribution in [0.2, 0.25) is 66.4 Å². The summed E-state index contributed by atoms with van der Waals surface area (Å²) in [6.07, 6.45) is 3.35. The number of halogens is 6. The Balaban J connectivity index is 0.000000224. The van der Waals surface area contributed by atoms with Crippen molar-refractivity contribution in [3.05, 3.63) is 137 Å². The van der Waals surface area contributed by atoms with Gasteiger partial charge in [-0.05, 0) is 156 Å². The average molecular weight is 954 g/mol. The van der Waals surface area contributed by atoms with E-state index >= 15 is 0 Å². The second-order valence-electron chi connectivity index (χ2n) is 19.5. The fourth-order valence-corrected chi connectivity index (χ4v) is 11.1. The lowest BCUT2D eigenvalue weighted by atomic mass is 9.80. The molecule has 0 radical (unpaired) electrons. The van der Waals surface area contributed by atoms with Crippen molar-refractivity contribution >= 4 is 97.4 Å². The van der Waals surface area contributed by atoms with E-state index < -0.39 is 22.2 Å². The summed E-state index contributed by atoms with van der Waals surface area (Å²) >= 11 is 37.6. The van der Waals surface area contributed by atoms with Crippen LogP contribution in [0.4, 0.5) is 0 Å². The van der Waals surface area contributed by atoms with Crippen molar-refractivity contribution in [1.29, 1.82) is 0 Å². The summed E-state index contributed by atoms with van der Waals surface area (Å²) in [5, 5.41) is 16.2. The molecule has 11 heteroatoms. The first-order chi connectivity index (χ1) is 27.3. The van der Waals surface area contributed by atoms with E-state index in [0.29, 0.717) is 44.1 Å². The van der Waals surface area contributed by atoms with Gasteiger partial charge in [-0.15, -0.1) is 0 Å². The predicted octanol–water partition coefficient (Wildman–Crippen LogP) is 17.0. The molecule has 0 aliphatic heterocycles. The molecule has 0 spiro atoms. The van der Waals surface area contributed by atoms with Crippen LogP contribution in [0.1, 0.15) is 95.4 Å². The van der Waals surface area contributed by atoms with Gasteiger partial charge in [0.05, 0.1) is 5.60 Å². The van der Waals surface area contributed by atoms with Gasteiger partial charge in [0, 0.05) is 49.3 Å². The number of benzene rings is 4. The largest absolute Gasteiger partial charge is 0.417 e. The number of rotatable bonds is 10. The maximum atomic E-state index is 11.9. The van der Waals surface area contributed by atoms with Gasteiger partial charge in [-0.2, -0.15) is 0 Å². The highest BCUT2D eigenvalue weighted by Gasteiger charge is 2.49. The number of hydrogen-bond donors (Lipinski definition) is 1. The molecule has 6 rings (SSSR count). The van der Waals surface area contributed by atoms with E-state index in [4.69, 9.17) is 78.5 Å². The molecular weight excluding hydrogens is 893 g/mol. The van der Waals surface area contributed by atoms with Gasteiger partial charge in [0.1, 0.15) is 0 Å². The minimum atomic E-state index is -1.87. The van der Waals surface area contributed by atoms with Gasteiger partial charge in [0.25, 0.3) is 0 Å². The van der Waals surface area contributed by atoms with Crippen LogP contribution in [0, 0.1) is 11.8 Å². The standard InChI is InChI=1S/C24H31Cl3O2Si.C24H29Cl3OSi/c1-23(2,3)30(4,5)29-15-16-12-21(20-11-10-19(26)13-22(20)27)24(28,14-16)17-6-8-18(25)9-7-17;1-24(2,3)29(4,5)28-15-16-12-21(17-6-8-18(25)9-7-17)22(13-16)20-11-10-19(26)14-23(20)27/h6-11,13,16,21,28H,12,14-15H2,1-5H3;6-11,14,16H,12-13,15H2,1-5H3. The molecule has 0 heterocycles. The lowest BCUT2D eigenvalue weighted by Crippen LogP contribution is -2.41. The van der Waals surface area contributed by atoms with Crippen LogP contribution in [0.3, 0.4) is 0 Å². The first kappa shape index (κ1) is 48.7. The second-order valence-corrected chi connectivity index (χ2v) is 31.6. The van der Waals surface area contributed by atoms with E-state index in [0.717, 1.165) is 47.6 Å². The molecular formula is C48H60Cl6O3Si2. The molecule has 2 aliphatic carbocycles. The van der Waals surface area contributed by atoms with Crippen LogP contribution >= 0.6 is 69.6 Å². The number of aliphatic hydroxyl groups is 1. The summed E-state index contributed by atoms with van der Waals surface area (Å²) in [5.41, 5.74) is 5.63. The van der Waals surface area contributed by atoms with Crippen LogP contribution in [0.5, 0.6) is 0 Å². The first-order valence-corrected chi connectivity index (χ1v) is 28.5. The monoisotopic (exact) mass is 950 g/mol. The van der Waals surface area contributed by atoms with Crippen molar-refractivity contribution in [3.8, 4) is 0 Å². The Morgan fingerprint density at radius 3 is 1.56 bits per heavy atom. The van der Waals surface area contributed by atoms with Crippen molar-refractivity contribution in [2.24, 2.45) is 11.8 Å². The Labute approximate surface area is 386 Å². The molecule has 320 valence electrons. The van der Waals surface area contributed by atoms with Crippen LogP contribution in [-0.2, 0) is 14.5 Å². The van der Waals surface area contributed by atoms with Crippen LogP contribution in [0.15, 0.2) is 84.9 Å². The van der Waals surface area contributed by atoms with E-state index in [1.54, 1.807) is 6.07 Å². The summed E-state index contributed by atoms with van der Waals surface area (Å²) < 4.78 is 13.1. The number of hydrogen-bond acceptors (Lipinski definition) is 3. The lowest BCUT2D eigenvalue weighted by Gasteiger charge is -2.37. The van der Waals surface area contributed by atoms with Gasteiger partial charge in [0.2, 0.25) is 0 Å². The minimum Gasteiger partial charge on any atom is -0.417 e. The van der Waals surface area contributed by atoms with Gasteiger partial charge < -0.3 is 14.0 Å². The Kier molecular flexibility index (Phi) is 15.8. The molecule has 3 nitrogen and oxygen atoms in total. The smallest absolute Gasteiger partial charge is 0.191 e. The number of allylic oxidation sites excluding steroid dienone is 2. The molecule has 59 heavy (non-hydrogen) atoms. The molecule has 4 aromatic carbocycles. The Morgan fingerprint density at radius 1 is 0.593 bits per heavy atom.